The third-order valence-electron chi connectivity index (χ3n) is 5.99. The van der Waals surface area contributed by atoms with Crippen LogP contribution in [0.1, 0.15) is 80.7 Å². The van der Waals surface area contributed by atoms with E-state index in [1.54, 1.807) is 0 Å². The number of carbonyl (C=O) groups excluding carboxylic acids is 2. The van der Waals surface area contributed by atoms with Gasteiger partial charge in [-0.25, -0.2) is 0 Å². The number of nitrogens with two attached hydrogens (primary N) is 1. The number of hydrogen-bond acceptors (Lipinski definition) is 4. The summed E-state index contributed by atoms with van der Waals surface area (Å²) in [6.07, 6.45) is 3.84. The summed E-state index contributed by atoms with van der Waals surface area (Å²) in [6, 6.07) is 7.96. The molecule has 0 aliphatic heterocycles. The second-order valence-corrected chi connectivity index (χ2v) is 12.0. The van der Waals surface area contributed by atoms with Crippen molar-refractivity contribution in [1.29, 1.82) is 0 Å². The zero-order chi connectivity index (χ0) is 23.7. The van der Waals surface area contributed by atoms with E-state index in [0.29, 0.717) is 22.2 Å². The standard InChI is InChI=1S/C26H36N2O3S/c1-16-7-12-19-20(13-16)32-24(22(19)23(27)30)28-21(29)14-31-18-10-8-17(9-11-18)26(5,6)15-25(2,3)4/h8-11,16H,7,12-15H2,1-6H3,(H2,27,30)(H,28,29). The monoisotopic (exact) mass is 456 g/mol. The Morgan fingerprint density at radius 1 is 1.16 bits per heavy atom. The van der Waals surface area contributed by atoms with E-state index in [4.69, 9.17) is 10.5 Å². The van der Waals surface area contributed by atoms with Crippen molar-refractivity contribution in [1.82, 2.24) is 0 Å². The highest BCUT2D eigenvalue weighted by Crippen LogP contribution is 2.39. The highest BCUT2D eigenvalue weighted by molar-refractivity contribution is 7.17. The fraction of sp³-hybridized carbons (Fsp3) is 0.538. The van der Waals surface area contributed by atoms with Crippen LogP contribution in [0.25, 0.3) is 0 Å². The average Bonchev–Trinajstić information content (AvgIpc) is 3.01. The summed E-state index contributed by atoms with van der Waals surface area (Å²) in [6.45, 7) is 13.3. The van der Waals surface area contributed by atoms with Gasteiger partial charge >= 0.3 is 0 Å². The summed E-state index contributed by atoms with van der Waals surface area (Å²) in [5.74, 6) is 0.438. The molecule has 5 nitrogen and oxygen atoms in total. The first kappa shape index (κ1) is 24.3. The smallest absolute Gasteiger partial charge is 0.262 e. The number of thiophene rings is 1. The van der Waals surface area contributed by atoms with Gasteiger partial charge in [-0.2, -0.15) is 0 Å². The maximum absolute atomic E-state index is 12.5. The molecule has 2 amide bonds. The number of primary amides is 1. The second kappa shape index (κ2) is 9.26. The fourth-order valence-electron chi connectivity index (χ4n) is 4.84. The van der Waals surface area contributed by atoms with Gasteiger partial charge in [-0.05, 0) is 65.7 Å². The molecular formula is C26H36N2O3S. The molecule has 0 saturated heterocycles. The lowest BCUT2D eigenvalue weighted by molar-refractivity contribution is -0.118. The van der Waals surface area contributed by atoms with Crippen LogP contribution < -0.4 is 15.8 Å². The van der Waals surface area contributed by atoms with Gasteiger partial charge in [-0.3, -0.25) is 9.59 Å². The van der Waals surface area contributed by atoms with E-state index >= 15 is 0 Å². The van der Waals surface area contributed by atoms with Gasteiger partial charge < -0.3 is 15.8 Å². The van der Waals surface area contributed by atoms with E-state index in [2.05, 4.69) is 59.0 Å². The van der Waals surface area contributed by atoms with Gasteiger partial charge in [-0.15, -0.1) is 11.3 Å². The van der Waals surface area contributed by atoms with E-state index < -0.39 is 5.91 Å². The van der Waals surface area contributed by atoms with Crippen molar-refractivity contribution in [2.24, 2.45) is 17.1 Å². The van der Waals surface area contributed by atoms with Crippen molar-refractivity contribution in [2.45, 2.75) is 72.6 Å². The lowest BCUT2D eigenvalue weighted by Crippen LogP contribution is -2.25. The van der Waals surface area contributed by atoms with Gasteiger partial charge in [0.25, 0.3) is 11.8 Å². The van der Waals surface area contributed by atoms with Crippen LogP contribution in [0.5, 0.6) is 5.75 Å². The molecule has 0 saturated carbocycles. The Kier molecular flexibility index (Phi) is 7.03. The summed E-state index contributed by atoms with van der Waals surface area (Å²) in [5.41, 5.74) is 8.63. The number of hydrogen-bond donors (Lipinski definition) is 2. The van der Waals surface area contributed by atoms with Crippen LogP contribution in [-0.2, 0) is 23.1 Å². The zero-order valence-corrected chi connectivity index (χ0v) is 20.9. The highest BCUT2D eigenvalue weighted by atomic mass is 32.1. The van der Waals surface area contributed by atoms with Crippen molar-refractivity contribution in [3.05, 3.63) is 45.8 Å². The van der Waals surface area contributed by atoms with Crippen LogP contribution in [0.4, 0.5) is 5.00 Å². The number of benzene rings is 1. The lowest BCUT2D eigenvalue weighted by atomic mass is 9.72. The van der Waals surface area contributed by atoms with Gasteiger partial charge in [0.2, 0.25) is 0 Å². The Morgan fingerprint density at radius 2 is 1.81 bits per heavy atom. The van der Waals surface area contributed by atoms with Crippen LogP contribution in [0.2, 0.25) is 0 Å². The number of ether oxygens (including phenoxy) is 1. The summed E-state index contributed by atoms with van der Waals surface area (Å²) in [4.78, 5) is 25.7. The Balaban J connectivity index is 1.63. The zero-order valence-electron chi connectivity index (χ0n) is 20.1. The molecule has 1 unspecified atom stereocenters. The van der Waals surface area contributed by atoms with Crippen LogP contribution >= 0.6 is 11.3 Å². The summed E-state index contributed by atoms with van der Waals surface area (Å²) < 4.78 is 5.70. The quantitative estimate of drug-likeness (QED) is 0.560. The minimum absolute atomic E-state index is 0.0507. The maximum atomic E-state index is 12.5. The van der Waals surface area contributed by atoms with Crippen molar-refractivity contribution >= 4 is 28.2 Å². The van der Waals surface area contributed by atoms with Crippen LogP contribution in [0.15, 0.2) is 24.3 Å². The molecule has 3 N–H and O–H groups in total. The Labute approximate surface area is 195 Å². The third kappa shape index (κ3) is 5.91. The van der Waals surface area contributed by atoms with Crippen LogP contribution in [0, 0.1) is 11.3 Å². The highest BCUT2D eigenvalue weighted by Gasteiger charge is 2.28. The van der Waals surface area contributed by atoms with Crippen molar-refractivity contribution in [2.75, 3.05) is 11.9 Å². The fourth-order valence-corrected chi connectivity index (χ4v) is 6.27. The molecule has 2 aromatic rings. The van der Waals surface area contributed by atoms with E-state index in [0.717, 1.165) is 36.1 Å². The van der Waals surface area contributed by atoms with Gasteiger partial charge in [-0.1, -0.05) is 53.7 Å². The molecule has 174 valence electrons. The first-order valence-electron chi connectivity index (χ1n) is 11.3. The number of amides is 2. The minimum atomic E-state index is -0.485. The van der Waals surface area contributed by atoms with Crippen molar-refractivity contribution < 1.29 is 14.3 Å². The maximum Gasteiger partial charge on any atom is 0.262 e. The SMILES string of the molecule is CC1CCc2c(sc(NC(=O)COc3ccc(C(C)(C)CC(C)(C)C)cc3)c2C(N)=O)C1. The van der Waals surface area contributed by atoms with Crippen LogP contribution in [0.3, 0.4) is 0 Å². The summed E-state index contributed by atoms with van der Waals surface area (Å²) >= 11 is 1.46. The van der Waals surface area contributed by atoms with Gasteiger partial charge in [0, 0.05) is 4.88 Å². The first-order valence-corrected chi connectivity index (χ1v) is 12.1. The van der Waals surface area contributed by atoms with Crippen LogP contribution in [-0.4, -0.2) is 18.4 Å². The normalized spacial score (nSPS) is 16.4. The van der Waals surface area contributed by atoms with E-state index in [9.17, 15) is 9.59 Å². The molecule has 1 aliphatic carbocycles. The molecule has 1 aliphatic rings. The number of anilines is 1. The molecule has 0 bridgehead atoms. The largest absolute Gasteiger partial charge is 0.484 e. The van der Waals surface area contributed by atoms with Gasteiger partial charge in [0.1, 0.15) is 10.8 Å². The lowest BCUT2D eigenvalue weighted by Gasteiger charge is -2.33. The van der Waals surface area contributed by atoms with E-state index in [1.807, 2.05) is 12.1 Å². The number of carbonyl (C=O) groups is 2. The molecule has 1 aromatic carbocycles. The average molecular weight is 457 g/mol. The topological polar surface area (TPSA) is 81.4 Å². The molecular weight excluding hydrogens is 420 g/mol. The van der Waals surface area contributed by atoms with Crippen molar-refractivity contribution in [3.63, 3.8) is 0 Å². The molecule has 1 heterocycles. The van der Waals surface area contributed by atoms with E-state index in [1.165, 1.54) is 16.9 Å². The Morgan fingerprint density at radius 3 is 2.41 bits per heavy atom. The molecule has 3 rings (SSSR count). The molecule has 6 heteroatoms. The molecule has 0 radical (unpaired) electrons. The van der Waals surface area contributed by atoms with Gasteiger partial charge in [0.05, 0.1) is 5.56 Å². The predicted octanol–water partition coefficient (Wildman–Crippen LogP) is 5.70. The molecule has 0 fully saturated rings. The van der Waals surface area contributed by atoms with Crippen molar-refractivity contribution in [3.8, 4) is 5.75 Å². The van der Waals surface area contributed by atoms with E-state index in [-0.39, 0.29) is 23.3 Å². The Hall–Kier alpha value is -2.34. The number of nitrogens with one attached hydrogen (secondary N) is 1. The second-order valence-electron chi connectivity index (χ2n) is 10.9. The molecule has 32 heavy (non-hydrogen) atoms. The van der Waals surface area contributed by atoms with Gasteiger partial charge in [0.15, 0.2) is 6.61 Å². The molecule has 1 atom stereocenters. The summed E-state index contributed by atoms with van der Waals surface area (Å²) in [5, 5.41) is 3.40. The third-order valence-corrected chi connectivity index (χ3v) is 7.16. The minimum Gasteiger partial charge on any atom is -0.484 e. The Bertz CT molecular complexity index is 984. The number of rotatable bonds is 7. The molecule has 0 spiro atoms. The first-order chi connectivity index (χ1) is 14.9. The molecule has 1 aromatic heterocycles. The predicted molar refractivity (Wildman–Crippen MR) is 132 cm³/mol. The summed E-state index contributed by atoms with van der Waals surface area (Å²) in [7, 11) is 0. The number of fused-ring (bicyclic) bond motifs is 1.